The molecule has 0 bridgehead atoms. The van der Waals surface area contributed by atoms with Crippen LogP contribution in [0.25, 0.3) is 0 Å². The van der Waals surface area contributed by atoms with Gasteiger partial charge in [-0.25, -0.2) is 0 Å². The van der Waals surface area contributed by atoms with Crippen LogP contribution in [0.2, 0.25) is 5.02 Å². The standard InChI is InChI=1S/C14H14ClN3O3S/c1-2-7-18-12(16-17-14(18)22-9-13(19)20)8-21-11-5-3-10(15)4-6-11/h2-6H,1,7-9H2,(H,19,20). The summed E-state index contributed by atoms with van der Waals surface area (Å²) in [6, 6.07) is 6.99. The number of nitrogens with zero attached hydrogens (tertiary/aromatic N) is 3. The van der Waals surface area contributed by atoms with Gasteiger partial charge in [0.2, 0.25) is 0 Å². The number of allylic oxidation sites excluding steroid dienone is 1. The highest BCUT2D eigenvalue weighted by molar-refractivity contribution is 7.99. The van der Waals surface area contributed by atoms with Crippen molar-refractivity contribution in [2.24, 2.45) is 0 Å². The molecule has 0 radical (unpaired) electrons. The van der Waals surface area contributed by atoms with Gasteiger partial charge in [-0.3, -0.25) is 9.36 Å². The second kappa shape index (κ2) is 7.86. The number of ether oxygens (including phenoxy) is 1. The first-order chi connectivity index (χ1) is 10.6. The van der Waals surface area contributed by atoms with Crippen molar-refractivity contribution in [1.29, 1.82) is 0 Å². The highest BCUT2D eigenvalue weighted by atomic mass is 35.5. The Labute approximate surface area is 136 Å². The van der Waals surface area contributed by atoms with Crippen LogP contribution in [0.4, 0.5) is 0 Å². The first kappa shape index (κ1) is 16.4. The minimum absolute atomic E-state index is 0.0761. The second-order valence-electron chi connectivity index (χ2n) is 4.22. The Morgan fingerprint density at radius 1 is 1.41 bits per heavy atom. The fourth-order valence-electron chi connectivity index (χ4n) is 1.65. The Morgan fingerprint density at radius 3 is 2.77 bits per heavy atom. The van der Waals surface area contributed by atoms with E-state index in [0.717, 1.165) is 11.8 Å². The molecule has 0 aliphatic rings. The molecule has 0 aliphatic carbocycles. The van der Waals surface area contributed by atoms with Gasteiger partial charge in [0.05, 0.1) is 5.75 Å². The molecule has 0 amide bonds. The summed E-state index contributed by atoms with van der Waals surface area (Å²) < 4.78 is 7.41. The third-order valence-electron chi connectivity index (χ3n) is 2.61. The molecule has 1 aromatic heterocycles. The Kier molecular flexibility index (Phi) is 5.85. The number of hydrogen-bond donors (Lipinski definition) is 1. The average Bonchev–Trinajstić information content (AvgIpc) is 2.87. The van der Waals surface area contributed by atoms with Crippen LogP contribution in [0, 0.1) is 0 Å². The van der Waals surface area contributed by atoms with E-state index in [0.29, 0.717) is 28.3 Å². The summed E-state index contributed by atoms with van der Waals surface area (Å²) in [6.45, 7) is 4.38. The normalized spacial score (nSPS) is 10.4. The topological polar surface area (TPSA) is 77.2 Å². The number of carboxylic acids is 1. The Balaban J connectivity index is 2.07. The second-order valence-corrected chi connectivity index (χ2v) is 5.60. The first-order valence-corrected chi connectivity index (χ1v) is 7.72. The van der Waals surface area contributed by atoms with Crippen LogP contribution in [-0.4, -0.2) is 31.6 Å². The van der Waals surface area contributed by atoms with E-state index in [4.69, 9.17) is 21.4 Å². The molecule has 0 saturated carbocycles. The minimum atomic E-state index is -0.905. The predicted octanol–water partition coefficient (Wildman–Crippen LogP) is 2.87. The quantitative estimate of drug-likeness (QED) is 0.588. The molecule has 0 aliphatic heterocycles. The van der Waals surface area contributed by atoms with Crippen molar-refractivity contribution in [3.05, 3.63) is 47.8 Å². The van der Waals surface area contributed by atoms with Gasteiger partial charge in [-0.1, -0.05) is 29.4 Å². The van der Waals surface area contributed by atoms with Crippen LogP contribution < -0.4 is 4.74 Å². The van der Waals surface area contributed by atoms with Crippen LogP contribution in [-0.2, 0) is 17.9 Å². The maximum absolute atomic E-state index is 10.7. The maximum Gasteiger partial charge on any atom is 0.313 e. The van der Waals surface area contributed by atoms with Gasteiger partial charge >= 0.3 is 5.97 Å². The zero-order valence-electron chi connectivity index (χ0n) is 11.6. The number of carboxylic acid groups (broad SMARTS) is 1. The number of halogens is 1. The summed E-state index contributed by atoms with van der Waals surface area (Å²) in [5.74, 6) is 0.282. The summed E-state index contributed by atoms with van der Waals surface area (Å²) in [6.07, 6.45) is 1.69. The first-order valence-electron chi connectivity index (χ1n) is 6.36. The van der Waals surface area contributed by atoms with Crippen molar-refractivity contribution < 1.29 is 14.6 Å². The van der Waals surface area contributed by atoms with E-state index in [-0.39, 0.29) is 12.4 Å². The van der Waals surface area contributed by atoms with Crippen LogP contribution in [0.3, 0.4) is 0 Å². The van der Waals surface area contributed by atoms with E-state index < -0.39 is 5.97 Å². The highest BCUT2D eigenvalue weighted by Crippen LogP contribution is 2.19. The number of aliphatic carboxylic acids is 1. The molecule has 2 aromatic rings. The maximum atomic E-state index is 10.7. The molecule has 0 atom stereocenters. The summed E-state index contributed by atoms with van der Waals surface area (Å²) >= 11 is 6.92. The fraction of sp³-hybridized carbons (Fsp3) is 0.214. The molecule has 6 nitrogen and oxygen atoms in total. The molecule has 1 aromatic carbocycles. The Hall–Kier alpha value is -1.99. The molecule has 0 fully saturated rings. The third kappa shape index (κ3) is 4.51. The molecule has 1 heterocycles. The highest BCUT2D eigenvalue weighted by Gasteiger charge is 2.13. The number of thioether (sulfide) groups is 1. The molecular formula is C14H14ClN3O3S. The van der Waals surface area contributed by atoms with E-state index in [9.17, 15) is 4.79 Å². The van der Waals surface area contributed by atoms with Crippen molar-refractivity contribution in [1.82, 2.24) is 14.8 Å². The number of rotatable bonds is 8. The lowest BCUT2D eigenvalue weighted by molar-refractivity contribution is -0.133. The molecule has 116 valence electrons. The minimum Gasteiger partial charge on any atom is -0.486 e. The van der Waals surface area contributed by atoms with E-state index in [1.807, 2.05) is 0 Å². The molecule has 0 spiro atoms. The molecular weight excluding hydrogens is 326 g/mol. The van der Waals surface area contributed by atoms with Crippen molar-refractivity contribution in [3.8, 4) is 5.75 Å². The van der Waals surface area contributed by atoms with Crippen LogP contribution in [0.1, 0.15) is 5.82 Å². The number of benzene rings is 1. The van der Waals surface area contributed by atoms with Crippen molar-refractivity contribution in [3.63, 3.8) is 0 Å². The van der Waals surface area contributed by atoms with Crippen LogP contribution in [0.15, 0.2) is 42.1 Å². The third-order valence-corrected chi connectivity index (χ3v) is 3.81. The van der Waals surface area contributed by atoms with Gasteiger partial charge in [0.25, 0.3) is 0 Å². The lowest BCUT2D eigenvalue weighted by Gasteiger charge is -2.08. The van der Waals surface area contributed by atoms with Gasteiger partial charge in [-0.2, -0.15) is 0 Å². The van der Waals surface area contributed by atoms with Gasteiger partial charge in [-0.15, -0.1) is 16.8 Å². The van der Waals surface area contributed by atoms with Gasteiger partial charge < -0.3 is 9.84 Å². The smallest absolute Gasteiger partial charge is 0.313 e. The molecule has 8 heteroatoms. The zero-order valence-corrected chi connectivity index (χ0v) is 13.2. The monoisotopic (exact) mass is 339 g/mol. The number of carbonyl (C=O) groups is 1. The Morgan fingerprint density at radius 2 is 2.14 bits per heavy atom. The fourth-order valence-corrected chi connectivity index (χ4v) is 2.46. The molecule has 1 N–H and O–H groups in total. The van der Waals surface area contributed by atoms with Gasteiger partial charge in [0.1, 0.15) is 12.4 Å². The average molecular weight is 340 g/mol. The molecule has 0 unspecified atom stereocenters. The zero-order chi connectivity index (χ0) is 15.9. The van der Waals surface area contributed by atoms with E-state index >= 15 is 0 Å². The van der Waals surface area contributed by atoms with Gasteiger partial charge in [-0.05, 0) is 24.3 Å². The number of hydrogen-bond acceptors (Lipinski definition) is 5. The van der Waals surface area contributed by atoms with E-state index in [1.54, 1.807) is 34.9 Å². The summed E-state index contributed by atoms with van der Waals surface area (Å²) in [5.41, 5.74) is 0. The summed E-state index contributed by atoms with van der Waals surface area (Å²) in [7, 11) is 0. The lowest BCUT2D eigenvalue weighted by Crippen LogP contribution is -2.08. The largest absolute Gasteiger partial charge is 0.486 e. The van der Waals surface area contributed by atoms with Crippen LogP contribution in [0.5, 0.6) is 5.75 Å². The van der Waals surface area contributed by atoms with Crippen molar-refractivity contribution in [2.75, 3.05) is 5.75 Å². The summed E-state index contributed by atoms with van der Waals surface area (Å²) in [5, 5.41) is 17.9. The molecule has 0 saturated heterocycles. The molecule has 22 heavy (non-hydrogen) atoms. The van der Waals surface area contributed by atoms with E-state index in [2.05, 4.69) is 16.8 Å². The SMILES string of the molecule is C=CCn1c(COc2ccc(Cl)cc2)nnc1SCC(=O)O. The Bertz CT molecular complexity index is 658. The van der Waals surface area contributed by atoms with Crippen molar-refractivity contribution >= 4 is 29.3 Å². The lowest BCUT2D eigenvalue weighted by atomic mass is 10.3. The van der Waals surface area contributed by atoms with Crippen molar-refractivity contribution in [2.45, 2.75) is 18.3 Å². The van der Waals surface area contributed by atoms with E-state index in [1.165, 1.54) is 0 Å². The summed E-state index contributed by atoms with van der Waals surface area (Å²) in [4.78, 5) is 10.7. The van der Waals surface area contributed by atoms with Gasteiger partial charge in [0, 0.05) is 11.6 Å². The van der Waals surface area contributed by atoms with Crippen LogP contribution >= 0.6 is 23.4 Å². The van der Waals surface area contributed by atoms with Gasteiger partial charge in [0.15, 0.2) is 11.0 Å². The predicted molar refractivity (Wildman–Crippen MR) is 84.4 cm³/mol. The molecule has 2 rings (SSSR count). The number of aromatic nitrogens is 3.